The first-order valence-corrected chi connectivity index (χ1v) is 9.80. The lowest BCUT2D eigenvalue weighted by Crippen LogP contribution is -2.30. The number of nitrogens with zero attached hydrogens (tertiary/aromatic N) is 2. The lowest BCUT2D eigenvalue weighted by atomic mass is 10.1. The maximum absolute atomic E-state index is 12.6. The number of nitrogen functional groups attached to an aromatic ring is 1. The summed E-state index contributed by atoms with van der Waals surface area (Å²) in [6.45, 7) is 0.517. The molecule has 0 aliphatic carbocycles. The number of para-hydroxylation sites is 1. The van der Waals surface area contributed by atoms with Crippen molar-refractivity contribution in [2.24, 2.45) is 0 Å². The minimum absolute atomic E-state index is 0.317. The van der Waals surface area contributed by atoms with E-state index in [0.717, 1.165) is 17.7 Å². The molecule has 3 aromatic carbocycles. The number of carbonyl (C=O) groups excluding carboxylic acids is 1. The molecule has 2 amide bonds. The molecule has 0 spiro atoms. The first kappa shape index (κ1) is 19.3. The zero-order chi connectivity index (χ0) is 20.8. The van der Waals surface area contributed by atoms with Crippen molar-refractivity contribution < 1.29 is 4.79 Å². The van der Waals surface area contributed by atoms with Crippen molar-refractivity contribution in [1.29, 1.82) is 0 Å². The molecule has 0 aliphatic heterocycles. The Hall–Kier alpha value is -4.06. The van der Waals surface area contributed by atoms with E-state index in [-0.39, 0.29) is 6.03 Å². The van der Waals surface area contributed by atoms with E-state index in [4.69, 9.17) is 5.73 Å². The van der Waals surface area contributed by atoms with Crippen molar-refractivity contribution in [1.82, 2.24) is 15.1 Å². The molecule has 4 aromatic rings. The normalized spacial score (nSPS) is 10.5. The Morgan fingerprint density at radius 1 is 0.867 bits per heavy atom. The highest BCUT2D eigenvalue weighted by atomic mass is 16.2. The first-order valence-electron chi connectivity index (χ1n) is 9.80. The second kappa shape index (κ2) is 8.96. The summed E-state index contributed by atoms with van der Waals surface area (Å²) in [5.74, 6) is 0.373. The second-order valence-corrected chi connectivity index (χ2v) is 6.84. The molecule has 0 bridgehead atoms. The number of hydrogen-bond donors (Lipinski definition) is 3. The number of nitrogens with one attached hydrogen (secondary N) is 2. The number of amides is 2. The van der Waals surface area contributed by atoms with E-state index in [1.54, 1.807) is 4.68 Å². The molecule has 1 heterocycles. The monoisotopic (exact) mass is 397 g/mol. The summed E-state index contributed by atoms with van der Waals surface area (Å²) in [4.78, 5) is 12.6. The Balaban J connectivity index is 1.56. The van der Waals surface area contributed by atoms with Crippen LogP contribution >= 0.6 is 0 Å². The van der Waals surface area contributed by atoms with Gasteiger partial charge in [0.25, 0.3) is 0 Å². The molecule has 0 atom stereocenters. The second-order valence-electron chi connectivity index (χ2n) is 6.84. The Morgan fingerprint density at radius 2 is 1.47 bits per heavy atom. The van der Waals surface area contributed by atoms with Crippen LogP contribution in [0.5, 0.6) is 0 Å². The van der Waals surface area contributed by atoms with E-state index < -0.39 is 0 Å². The van der Waals surface area contributed by atoms with Crippen LogP contribution in [-0.4, -0.2) is 22.4 Å². The largest absolute Gasteiger partial charge is 0.382 e. The van der Waals surface area contributed by atoms with Crippen LogP contribution in [0.25, 0.3) is 16.9 Å². The lowest BCUT2D eigenvalue weighted by molar-refractivity contribution is 0.252. The predicted molar refractivity (Wildman–Crippen MR) is 121 cm³/mol. The number of hydrogen-bond acceptors (Lipinski definition) is 3. The van der Waals surface area contributed by atoms with Crippen LogP contribution in [0.1, 0.15) is 5.56 Å². The summed E-state index contributed by atoms with van der Waals surface area (Å²) < 4.78 is 1.64. The summed E-state index contributed by atoms with van der Waals surface area (Å²) in [6, 6.07) is 29.0. The van der Waals surface area contributed by atoms with Crippen LogP contribution in [0.3, 0.4) is 0 Å². The van der Waals surface area contributed by atoms with Gasteiger partial charge in [-0.2, -0.15) is 5.10 Å². The molecule has 0 aliphatic rings. The number of anilines is 2. The fourth-order valence-corrected chi connectivity index (χ4v) is 3.24. The van der Waals surface area contributed by atoms with Gasteiger partial charge in [-0.25, -0.2) is 9.48 Å². The molecule has 150 valence electrons. The van der Waals surface area contributed by atoms with Crippen molar-refractivity contribution in [3.05, 3.63) is 96.6 Å². The van der Waals surface area contributed by atoms with Gasteiger partial charge in [-0.05, 0) is 24.1 Å². The summed E-state index contributed by atoms with van der Waals surface area (Å²) in [7, 11) is 0. The first-order chi connectivity index (χ1) is 14.7. The van der Waals surface area contributed by atoms with Gasteiger partial charge in [0, 0.05) is 12.1 Å². The van der Waals surface area contributed by atoms with Crippen molar-refractivity contribution in [3.63, 3.8) is 0 Å². The van der Waals surface area contributed by atoms with Gasteiger partial charge in [-0.15, -0.1) is 0 Å². The third-order valence-electron chi connectivity index (χ3n) is 4.75. The molecule has 30 heavy (non-hydrogen) atoms. The molecule has 6 nitrogen and oxygen atoms in total. The Bertz CT molecular complexity index is 1110. The molecule has 0 unspecified atom stereocenters. The maximum Gasteiger partial charge on any atom is 0.319 e. The van der Waals surface area contributed by atoms with Gasteiger partial charge >= 0.3 is 6.03 Å². The molecule has 0 radical (unpaired) electrons. The van der Waals surface area contributed by atoms with Crippen LogP contribution in [0.2, 0.25) is 0 Å². The molecule has 0 fully saturated rings. The maximum atomic E-state index is 12.6. The molecule has 1 aromatic heterocycles. The zero-order valence-electron chi connectivity index (χ0n) is 16.5. The van der Waals surface area contributed by atoms with Crippen molar-refractivity contribution in [3.8, 4) is 16.9 Å². The highest BCUT2D eigenvalue weighted by Gasteiger charge is 2.20. The Labute approximate surface area is 175 Å². The van der Waals surface area contributed by atoms with Gasteiger partial charge in [-0.1, -0.05) is 78.9 Å². The smallest absolute Gasteiger partial charge is 0.319 e. The SMILES string of the molecule is Nc1c(NC(=O)NCCc2ccccc2)c(-c2ccccc2)nn1-c1ccccc1. The fraction of sp³-hybridized carbons (Fsp3) is 0.0833. The van der Waals surface area contributed by atoms with E-state index in [1.165, 1.54) is 5.56 Å². The van der Waals surface area contributed by atoms with Gasteiger partial charge in [0.15, 0.2) is 5.82 Å². The summed E-state index contributed by atoms with van der Waals surface area (Å²) in [5.41, 5.74) is 10.4. The van der Waals surface area contributed by atoms with Crippen molar-refractivity contribution in [2.75, 3.05) is 17.6 Å². The summed E-state index contributed by atoms with van der Waals surface area (Å²) in [6.07, 6.45) is 0.749. The Kier molecular flexibility index (Phi) is 5.75. The standard InChI is InChI=1S/C24H23N5O/c25-23-22(27-24(30)26-17-16-18-10-4-1-5-11-18)21(19-12-6-2-7-13-19)28-29(23)20-14-8-3-9-15-20/h1-15H,16-17,25H2,(H2,26,27,30). The van der Waals surface area contributed by atoms with Crippen LogP contribution < -0.4 is 16.4 Å². The van der Waals surface area contributed by atoms with Crippen LogP contribution in [0, 0.1) is 0 Å². The minimum atomic E-state index is -0.317. The highest BCUT2D eigenvalue weighted by molar-refractivity contribution is 5.97. The number of aromatic nitrogens is 2. The zero-order valence-corrected chi connectivity index (χ0v) is 16.5. The highest BCUT2D eigenvalue weighted by Crippen LogP contribution is 2.33. The number of urea groups is 1. The molecular formula is C24H23N5O. The van der Waals surface area contributed by atoms with Crippen LogP contribution in [-0.2, 0) is 6.42 Å². The number of carbonyl (C=O) groups is 1. The van der Waals surface area contributed by atoms with Gasteiger partial charge in [-0.3, -0.25) is 0 Å². The molecule has 4 rings (SSSR count). The van der Waals surface area contributed by atoms with E-state index in [1.807, 2.05) is 91.0 Å². The molecule has 4 N–H and O–H groups in total. The predicted octanol–water partition coefficient (Wildman–Crippen LogP) is 4.49. The minimum Gasteiger partial charge on any atom is -0.382 e. The Morgan fingerprint density at radius 3 is 2.13 bits per heavy atom. The quantitative estimate of drug-likeness (QED) is 0.448. The van der Waals surface area contributed by atoms with Crippen LogP contribution in [0.4, 0.5) is 16.3 Å². The van der Waals surface area contributed by atoms with E-state index in [9.17, 15) is 4.79 Å². The third kappa shape index (κ3) is 4.33. The van der Waals surface area contributed by atoms with E-state index in [2.05, 4.69) is 15.7 Å². The lowest BCUT2D eigenvalue weighted by Gasteiger charge is -2.09. The molecule has 0 saturated carbocycles. The van der Waals surface area contributed by atoms with Crippen molar-refractivity contribution in [2.45, 2.75) is 6.42 Å². The molecule has 0 saturated heterocycles. The topological polar surface area (TPSA) is 85.0 Å². The van der Waals surface area contributed by atoms with E-state index in [0.29, 0.717) is 23.7 Å². The average Bonchev–Trinajstić information content (AvgIpc) is 3.12. The molecule has 6 heteroatoms. The van der Waals surface area contributed by atoms with Gasteiger partial charge in [0.05, 0.1) is 5.69 Å². The van der Waals surface area contributed by atoms with Crippen molar-refractivity contribution >= 4 is 17.5 Å². The fourth-order valence-electron chi connectivity index (χ4n) is 3.24. The van der Waals surface area contributed by atoms with Gasteiger partial charge in [0.1, 0.15) is 11.4 Å². The van der Waals surface area contributed by atoms with Crippen LogP contribution in [0.15, 0.2) is 91.0 Å². The summed E-state index contributed by atoms with van der Waals surface area (Å²) in [5, 5.41) is 10.5. The summed E-state index contributed by atoms with van der Waals surface area (Å²) >= 11 is 0. The average molecular weight is 397 g/mol. The number of rotatable bonds is 6. The van der Waals surface area contributed by atoms with Gasteiger partial charge < -0.3 is 16.4 Å². The molecular weight excluding hydrogens is 374 g/mol. The third-order valence-corrected chi connectivity index (χ3v) is 4.75. The van der Waals surface area contributed by atoms with E-state index >= 15 is 0 Å². The number of nitrogens with two attached hydrogens (primary N) is 1. The number of benzene rings is 3. The van der Waals surface area contributed by atoms with Gasteiger partial charge in [0.2, 0.25) is 0 Å².